The zero-order chi connectivity index (χ0) is 29.3. The average molecular weight is 604 g/mol. The molecular weight excluding hydrogens is 566 g/mol. The van der Waals surface area contributed by atoms with Crippen molar-refractivity contribution in [2.24, 2.45) is 0 Å². The number of rotatable bonds is 10. The zero-order valence-corrected chi connectivity index (χ0v) is 24.9. The summed E-state index contributed by atoms with van der Waals surface area (Å²) < 4.78 is 64.8. The molecule has 2 aliphatic heterocycles. The summed E-state index contributed by atoms with van der Waals surface area (Å²) in [6.07, 6.45) is 2.80. The Balaban J connectivity index is 1.09. The SMILES string of the molecule is CC(C)S(=O)(=O)c1cccc(OCC(O)CN[C@H]2COC3(CCN(S(=O)(=O)c4ccc5ncccc5c4)CC3)C2)c1. The van der Waals surface area contributed by atoms with E-state index >= 15 is 0 Å². The largest absolute Gasteiger partial charge is 0.491 e. The zero-order valence-electron chi connectivity index (χ0n) is 23.3. The van der Waals surface area contributed by atoms with Gasteiger partial charge in [-0.05, 0) is 75.6 Å². The molecule has 2 saturated heterocycles. The van der Waals surface area contributed by atoms with Gasteiger partial charge in [0.2, 0.25) is 10.0 Å². The number of hydrogen-bond acceptors (Lipinski definition) is 9. The van der Waals surface area contributed by atoms with Crippen LogP contribution in [0.2, 0.25) is 0 Å². The highest BCUT2D eigenvalue weighted by molar-refractivity contribution is 7.92. The second-order valence-electron chi connectivity index (χ2n) is 11.1. The first kappa shape index (κ1) is 29.9. The maximum atomic E-state index is 13.3. The summed E-state index contributed by atoms with van der Waals surface area (Å²) in [5.74, 6) is 0.385. The van der Waals surface area contributed by atoms with Gasteiger partial charge in [-0.15, -0.1) is 0 Å². The molecule has 0 radical (unpaired) electrons. The number of aliphatic hydroxyl groups is 1. The molecule has 10 nitrogen and oxygen atoms in total. The van der Waals surface area contributed by atoms with Gasteiger partial charge in [0.15, 0.2) is 9.84 Å². The maximum Gasteiger partial charge on any atom is 0.243 e. The Morgan fingerprint density at radius 1 is 1.07 bits per heavy atom. The average Bonchev–Trinajstić information content (AvgIpc) is 3.37. The fourth-order valence-electron chi connectivity index (χ4n) is 5.39. The van der Waals surface area contributed by atoms with Gasteiger partial charge in [-0.25, -0.2) is 16.8 Å². The van der Waals surface area contributed by atoms with E-state index in [1.54, 1.807) is 56.4 Å². The number of aromatic nitrogens is 1. The Bertz CT molecular complexity index is 1590. The summed E-state index contributed by atoms with van der Waals surface area (Å²) in [4.78, 5) is 4.73. The number of piperidine rings is 1. The van der Waals surface area contributed by atoms with E-state index in [2.05, 4.69) is 10.3 Å². The standard InChI is InChI=1S/C29H37N3O7S2/c1-21(2)40(34,35)26-7-3-6-25(16-26)38-20-24(33)18-31-23-17-29(39-19-23)10-13-32(14-11-29)41(36,37)27-8-9-28-22(15-27)5-4-12-30-28/h3-9,12,15-16,21,23-24,31,33H,10-11,13-14,17-20H2,1-2H3/t23-,24?/m1/s1. The van der Waals surface area contributed by atoms with Crippen LogP contribution in [-0.2, 0) is 24.6 Å². The smallest absolute Gasteiger partial charge is 0.243 e. The van der Waals surface area contributed by atoms with Crippen LogP contribution < -0.4 is 10.1 Å². The molecule has 2 fully saturated rings. The van der Waals surface area contributed by atoms with Crippen LogP contribution >= 0.6 is 0 Å². The van der Waals surface area contributed by atoms with Crippen molar-refractivity contribution >= 4 is 30.8 Å². The first-order chi connectivity index (χ1) is 19.5. The lowest BCUT2D eigenvalue weighted by molar-refractivity contribution is -0.0312. The van der Waals surface area contributed by atoms with E-state index in [1.807, 2.05) is 6.07 Å². The molecule has 1 aromatic heterocycles. The fourth-order valence-corrected chi connectivity index (χ4v) is 7.96. The topological polar surface area (TPSA) is 135 Å². The van der Waals surface area contributed by atoms with Crippen LogP contribution in [0.5, 0.6) is 5.75 Å². The molecule has 0 aliphatic carbocycles. The van der Waals surface area contributed by atoms with E-state index in [-0.39, 0.29) is 34.6 Å². The second-order valence-corrected chi connectivity index (χ2v) is 15.5. The van der Waals surface area contributed by atoms with Crippen LogP contribution in [0.3, 0.4) is 0 Å². The van der Waals surface area contributed by atoms with Crippen molar-refractivity contribution in [2.45, 2.75) is 65.9 Å². The lowest BCUT2D eigenvalue weighted by atomic mass is 9.88. The van der Waals surface area contributed by atoms with Gasteiger partial charge in [0.05, 0.1) is 32.8 Å². The van der Waals surface area contributed by atoms with Crippen LogP contribution in [0.1, 0.15) is 33.1 Å². The second kappa shape index (κ2) is 11.9. The predicted octanol–water partition coefficient (Wildman–Crippen LogP) is 2.76. The number of pyridine rings is 1. The fraction of sp³-hybridized carbons (Fsp3) is 0.483. The molecule has 1 spiro atoms. The third kappa shape index (κ3) is 6.58. The first-order valence-electron chi connectivity index (χ1n) is 13.9. The summed E-state index contributed by atoms with van der Waals surface area (Å²) in [6, 6.07) is 15.0. The van der Waals surface area contributed by atoms with Gasteiger partial charge in [-0.1, -0.05) is 12.1 Å². The van der Waals surface area contributed by atoms with E-state index in [9.17, 15) is 21.9 Å². The monoisotopic (exact) mass is 603 g/mol. The third-order valence-electron chi connectivity index (χ3n) is 7.89. The van der Waals surface area contributed by atoms with Crippen molar-refractivity contribution in [2.75, 3.05) is 32.8 Å². The molecule has 0 amide bonds. The number of fused-ring (bicyclic) bond motifs is 1. The van der Waals surface area contributed by atoms with Gasteiger partial charge in [-0.3, -0.25) is 4.98 Å². The van der Waals surface area contributed by atoms with Crippen molar-refractivity contribution in [1.82, 2.24) is 14.6 Å². The molecular formula is C29H37N3O7S2. The van der Waals surface area contributed by atoms with Gasteiger partial charge in [-0.2, -0.15) is 4.31 Å². The number of sulfone groups is 1. The normalized spacial score (nSPS) is 20.5. The van der Waals surface area contributed by atoms with Crippen LogP contribution in [0.15, 0.2) is 70.6 Å². The highest BCUT2D eigenvalue weighted by Crippen LogP contribution is 2.37. The van der Waals surface area contributed by atoms with Crippen molar-refractivity contribution in [3.8, 4) is 5.75 Å². The van der Waals surface area contributed by atoms with Gasteiger partial charge in [0, 0.05) is 37.3 Å². The number of ether oxygens (including phenoxy) is 2. The Labute approximate surface area is 241 Å². The third-order valence-corrected chi connectivity index (χ3v) is 11.9. The van der Waals surface area contributed by atoms with Crippen molar-refractivity contribution in [3.05, 3.63) is 60.8 Å². The van der Waals surface area contributed by atoms with Crippen molar-refractivity contribution in [1.29, 1.82) is 0 Å². The van der Waals surface area contributed by atoms with E-state index in [0.29, 0.717) is 38.3 Å². The molecule has 2 atom stereocenters. The van der Waals surface area contributed by atoms with E-state index in [4.69, 9.17) is 9.47 Å². The van der Waals surface area contributed by atoms with Crippen LogP contribution in [-0.4, -0.2) is 87.1 Å². The van der Waals surface area contributed by atoms with Crippen LogP contribution in [0.4, 0.5) is 0 Å². The van der Waals surface area contributed by atoms with E-state index < -0.39 is 31.2 Å². The number of sulfonamides is 1. The maximum absolute atomic E-state index is 13.3. The summed E-state index contributed by atoms with van der Waals surface area (Å²) in [5, 5.41) is 14.0. The number of benzene rings is 2. The van der Waals surface area contributed by atoms with E-state index in [0.717, 1.165) is 17.3 Å². The molecule has 0 bridgehead atoms. The Morgan fingerprint density at radius 3 is 2.61 bits per heavy atom. The molecule has 0 saturated carbocycles. The van der Waals surface area contributed by atoms with Crippen LogP contribution in [0.25, 0.3) is 10.9 Å². The van der Waals surface area contributed by atoms with Gasteiger partial charge in [0.1, 0.15) is 18.5 Å². The highest BCUT2D eigenvalue weighted by atomic mass is 32.2. The number of hydrogen-bond donors (Lipinski definition) is 2. The van der Waals surface area contributed by atoms with Crippen molar-refractivity contribution in [3.63, 3.8) is 0 Å². The molecule has 2 N–H and O–H groups in total. The van der Waals surface area contributed by atoms with Gasteiger partial charge >= 0.3 is 0 Å². The number of aliphatic hydroxyl groups excluding tert-OH is 1. The number of nitrogens with zero attached hydrogens (tertiary/aromatic N) is 2. The lowest BCUT2D eigenvalue weighted by Gasteiger charge is -2.38. The van der Waals surface area contributed by atoms with Gasteiger partial charge < -0.3 is 19.9 Å². The quantitative estimate of drug-likeness (QED) is 0.359. The number of nitrogens with one attached hydrogen (secondary N) is 1. The molecule has 3 aromatic rings. The van der Waals surface area contributed by atoms with Gasteiger partial charge in [0.25, 0.3) is 0 Å². The minimum Gasteiger partial charge on any atom is -0.491 e. The minimum atomic E-state index is -3.63. The molecule has 2 aromatic carbocycles. The molecule has 12 heteroatoms. The molecule has 3 heterocycles. The van der Waals surface area contributed by atoms with Crippen molar-refractivity contribution < 1.29 is 31.4 Å². The molecule has 41 heavy (non-hydrogen) atoms. The molecule has 222 valence electrons. The molecule has 5 rings (SSSR count). The molecule has 1 unspecified atom stereocenters. The summed E-state index contributed by atoms with van der Waals surface area (Å²) >= 11 is 0. The Hall–Kier alpha value is -2.61. The Morgan fingerprint density at radius 2 is 1.85 bits per heavy atom. The predicted molar refractivity (Wildman–Crippen MR) is 155 cm³/mol. The summed E-state index contributed by atoms with van der Waals surface area (Å²) in [7, 11) is -7.04. The lowest BCUT2D eigenvalue weighted by Crippen LogP contribution is -2.47. The first-order valence-corrected chi connectivity index (χ1v) is 16.8. The summed E-state index contributed by atoms with van der Waals surface area (Å²) in [5.41, 5.74) is 0.366. The Kier molecular flexibility index (Phi) is 8.70. The molecule has 2 aliphatic rings. The summed E-state index contributed by atoms with van der Waals surface area (Å²) in [6.45, 7) is 4.78. The van der Waals surface area contributed by atoms with E-state index in [1.165, 1.54) is 16.4 Å². The highest BCUT2D eigenvalue weighted by Gasteiger charge is 2.44. The van der Waals surface area contributed by atoms with Crippen LogP contribution in [0, 0.1) is 0 Å². The minimum absolute atomic E-state index is 0.00849.